The maximum atomic E-state index is 12.4. The van der Waals surface area contributed by atoms with Crippen LogP contribution < -0.4 is 0 Å². The van der Waals surface area contributed by atoms with E-state index in [1.807, 2.05) is 13.0 Å². The average molecular weight is 471 g/mol. The van der Waals surface area contributed by atoms with Gasteiger partial charge in [0.05, 0.1) is 5.60 Å². The summed E-state index contributed by atoms with van der Waals surface area (Å²) < 4.78 is 0. The molecule has 1 aliphatic heterocycles. The molecule has 5 aliphatic rings. The van der Waals surface area contributed by atoms with Crippen molar-refractivity contribution < 1.29 is 24.6 Å². The lowest BCUT2D eigenvalue weighted by Gasteiger charge is -2.58. The van der Waals surface area contributed by atoms with E-state index in [2.05, 4.69) is 31.2 Å². The van der Waals surface area contributed by atoms with Crippen molar-refractivity contribution in [1.82, 2.24) is 4.90 Å². The zero-order valence-electron chi connectivity index (χ0n) is 20.6. The van der Waals surface area contributed by atoms with Gasteiger partial charge in [-0.2, -0.15) is 0 Å². The second-order valence-electron chi connectivity index (χ2n) is 11.8. The Hall–Kier alpha value is -2.15. The Kier molecular flexibility index (Phi) is 5.70. The third-order valence-electron chi connectivity index (χ3n) is 10.3. The molecule has 0 aromatic rings. The number of nitrogens with zero attached hydrogens (tertiary/aromatic N) is 2. The molecule has 1 saturated heterocycles. The van der Waals surface area contributed by atoms with Crippen LogP contribution in [-0.2, 0) is 14.4 Å². The number of likely N-dealkylation sites (tertiary alicyclic amines) is 1. The van der Waals surface area contributed by atoms with Crippen molar-refractivity contribution in [2.24, 2.45) is 33.7 Å². The molecule has 2 N–H and O–H groups in total. The highest BCUT2D eigenvalue weighted by Crippen LogP contribution is 2.66. The van der Waals surface area contributed by atoms with Crippen LogP contribution in [0.5, 0.6) is 0 Å². The van der Waals surface area contributed by atoms with Crippen LogP contribution in [0.3, 0.4) is 0 Å². The lowest BCUT2D eigenvalue weighted by atomic mass is 9.47. The van der Waals surface area contributed by atoms with E-state index in [0.717, 1.165) is 38.5 Å². The zero-order chi connectivity index (χ0) is 24.3. The monoisotopic (exact) mass is 470 g/mol. The number of hydrogen-bond acceptors (Lipinski definition) is 5. The van der Waals surface area contributed by atoms with Gasteiger partial charge in [-0.1, -0.05) is 30.7 Å². The third kappa shape index (κ3) is 3.53. The fourth-order valence-corrected chi connectivity index (χ4v) is 8.07. The highest BCUT2D eigenvalue weighted by molar-refractivity contribution is 6.05. The first kappa shape index (κ1) is 23.6. The lowest BCUT2D eigenvalue weighted by Crippen LogP contribution is -2.53. The van der Waals surface area contributed by atoms with Crippen molar-refractivity contribution >= 4 is 17.6 Å². The number of carbonyl (C=O) groups is 2. The molecule has 0 aromatic heterocycles. The molecule has 186 valence electrons. The first-order chi connectivity index (χ1) is 16.1. The number of oxime groups is 1. The van der Waals surface area contributed by atoms with Crippen LogP contribution in [0.4, 0.5) is 0 Å². The number of hydrogen-bond donors (Lipinski definition) is 2. The largest absolute Gasteiger partial charge is 0.480 e. The van der Waals surface area contributed by atoms with Crippen molar-refractivity contribution in [3.63, 3.8) is 0 Å². The van der Waals surface area contributed by atoms with Gasteiger partial charge < -0.3 is 20.0 Å². The summed E-state index contributed by atoms with van der Waals surface area (Å²) in [4.78, 5) is 30.5. The smallest absolute Gasteiger partial charge is 0.326 e. The fraction of sp³-hybridized carbons (Fsp3) is 0.741. The number of carboxylic acids is 1. The summed E-state index contributed by atoms with van der Waals surface area (Å²) in [6.07, 6.45) is 14.0. The number of aliphatic hydroxyl groups is 1. The molecule has 1 heterocycles. The van der Waals surface area contributed by atoms with Crippen molar-refractivity contribution in [2.45, 2.75) is 83.8 Å². The van der Waals surface area contributed by atoms with Crippen LogP contribution in [0.15, 0.2) is 29.0 Å². The SMILES string of the molecule is C[C@]12C=CC(=NOCC(=O)N3CCCC3C(=O)O)C=C1CCC1C2CC[C@@]2(C)C1CC[C@]2(C)O. The predicted molar refractivity (Wildman–Crippen MR) is 128 cm³/mol. The molecule has 4 fully saturated rings. The highest BCUT2D eigenvalue weighted by Gasteiger charge is 2.62. The van der Waals surface area contributed by atoms with E-state index in [4.69, 9.17) is 4.84 Å². The van der Waals surface area contributed by atoms with Crippen LogP contribution >= 0.6 is 0 Å². The molecule has 0 radical (unpaired) electrons. The minimum atomic E-state index is -0.962. The summed E-state index contributed by atoms with van der Waals surface area (Å²) in [6, 6.07) is -0.753. The van der Waals surface area contributed by atoms with Gasteiger partial charge in [0.15, 0.2) is 6.61 Å². The van der Waals surface area contributed by atoms with Gasteiger partial charge in [-0.05, 0) is 93.6 Å². The normalized spacial score (nSPS) is 44.3. The number of carboxylic acid groups (broad SMARTS) is 1. The molecular formula is C27H38N2O5. The number of aliphatic carboxylic acids is 1. The second-order valence-corrected chi connectivity index (χ2v) is 11.8. The quantitative estimate of drug-likeness (QED) is 0.607. The first-order valence-corrected chi connectivity index (χ1v) is 12.9. The standard InChI is InChI=1S/C27H38N2O5/c1-25-11-8-18(28-34-16-23(30)29-14-4-5-22(29)24(31)32)15-17(25)6-7-19-20(25)9-12-26(2)21(19)10-13-27(26,3)33/h8,11,15,19-22,33H,4-7,9-10,12-14,16H2,1-3H3,(H,31,32)/t19?,20?,21?,22?,25-,26-,27-/m0/s1. The van der Waals surface area contributed by atoms with E-state index in [0.29, 0.717) is 42.9 Å². The van der Waals surface area contributed by atoms with E-state index >= 15 is 0 Å². The number of allylic oxidation sites excluding steroid dienone is 4. The van der Waals surface area contributed by atoms with Crippen LogP contribution in [0, 0.1) is 28.6 Å². The van der Waals surface area contributed by atoms with Crippen LogP contribution in [0.1, 0.15) is 72.1 Å². The zero-order valence-corrected chi connectivity index (χ0v) is 20.6. The summed E-state index contributed by atoms with van der Waals surface area (Å²) in [5.74, 6) is 0.496. The van der Waals surface area contributed by atoms with Gasteiger partial charge in [-0.15, -0.1) is 0 Å². The molecule has 0 spiro atoms. The fourth-order valence-electron chi connectivity index (χ4n) is 8.07. The topological polar surface area (TPSA) is 99.4 Å². The van der Waals surface area contributed by atoms with Gasteiger partial charge in [-0.3, -0.25) is 4.79 Å². The molecule has 7 atom stereocenters. The van der Waals surface area contributed by atoms with Gasteiger partial charge in [-0.25, -0.2) is 4.79 Å². The van der Waals surface area contributed by atoms with Crippen molar-refractivity contribution in [3.8, 4) is 0 Å². The van der Waals surface area contributed by atoms with Crippen molar-refractivity contribution in [3.05, 3.63) is 23.8 Å². The Bertz CT molecular complexity index is 968. The summed E-state index contributed by atoms with van der Waals surface area (Å²) >= 11 is 0. The summed E-state index contributed by atoms with van der Waals surface area (Å²) in [6.45, 7) is 6.92. The van der Waals surface area contributed by atoms with Gasteiger partial charge in [0.1, 0.15) is 11.8 Å². The Balaban J connectivity index is 1.25. The molecule has 5 rings (SSSR count). The third-order valence-corrected chi connectivity index (χ3v) is 10.3. The predicted octanol–water partition coefficient (Wildman–Crippen LogP) is 3.92. The Labute approximate surface area is 201 Å². The molecule has 7 nitrogen and oxygen atoms in total. The van der Waals surface area contributed by atoms with Crippen LogP contribution in [0.25, 0.3) is 0 Å². The van der Waals surface area contributed by atoms with Gasteiger partial charge in [0, 0.05) is 12.0 Å². The molecule has 0 aromatic carbocycles. The number of carbonyl (C=O) groups excluding carboxylic acids is 1. The Morgan fingerprint density at radius 2 is 1.91 bits per heavy atom. The molecule has 34 heavy (non-hydrogen) atoms. The maximum absolute atomic E-state index is 12.4. The molecule has 4 aliphatic carbocycles. The summed E-state index contributed by atoms with van der Waals surface area (Å²) in [5, 5.41) is 24.6. The van der Waals surface area contributed by atoms with E-state index in [1.165, 1.54) is 10.5 Å². The number of fused-ring (bicyclic) bond motifs is 5. The molecule has 3 saturated carbocycles. The lowest BCUT2D eigenvalue weighted by molar-refractivity contribution is -0.150. The maximum Gasteiger partial charge on any atom is 0.326 e. The number of amides is 1. The van der Waals surface area contributed by atoms with Gasteiger partial charge in [0.2, 0.25) is 0 Å². The number of rotatable bonds is 4. The minimum Gasteiger partial charge on any atom is -0.480 e. The van der Waals surface area contributed by atoms with E-state index < -0.39 is 17.6 Å². The van der Waals surface area contributed by atoms with Crippen LogP contribution in [0.2, 0.25) is 0 Å². The van der Waals surface area contributed by atoms with Crippen LogP contribution in [-0.4, -0.2) is 57.5 Å². The molecule has 4 unspecified atom stereocenters. The van der Waals surface area contributed by atoms with Crippen molar-refractivity contribution in [1.29, 1.82) is 0 Å². The average Bonchev–Trinajstić information content (AvgIpc) is 3.37. The van der Waals surface area contributed by atoms with E-state index in [9.17, 15) is 19.8 Å². The minimum absolute atomic E-state index is 0.00219. The summed E-state index contributed by atoms with van der Waals surface area (Å²) in [7, 11) is 0. The summed E-state index contributed by atoms with van der Waals surface area (Å²) in [5.41, 5.74) is 1.54. The molecular weight excluding hydrogens is 432 g/mol. The van der Waals surface area contributed by atoms with E-state index in [1.54, 1.807) is 0 Å². The highest BCUT2D eigenvalue weighted by atomic mass is 16.6. The molecule has 1 amide bonds. The Morgan fingerprint density at radius 3 is 2.68 bits per heavy atom. The second kappa shape index (κ2) is 8.21. The Morgan fingerprint density at radius 1 is 1.15 bits per heavy atom. The van der Waals surface area contributed by atoms with E-state index in [-0.39, 0.29) is 23.3 Å². The van der Waals surface area contributed by atoms with Crippen molar-refractivity contribution in [2.75, 3.05) is 13.2 Å². The molecule has 7 heteroatoms. The van der Waals surface area contributed by atoms with Gasteiger partial charge in [0.25, 0.3) is 5.91 Å². The molecule has 0 bridgehead atoms. The van der Waals surface area contributed by atoms with Gasteiger partial charge >= 0.3 is 5.97 Å². The first-order valence-electron chi connectivity index (χ1n) is 12.9.